The topological polar surface area (TPSA) is 71.4 Å². The van der Waals surface area contributed by atoms with E-state index in [4.69, 9.17) is 23.2 Å². The van der Waals surface area contributed by atoms with Gasteiger partial charge in [-0.1, -0.05) is 48.5 Å². The zero-order valence-corrected chi connectivity index (χ0v) is 17.0. The van der Waals surface area contributed by atoms with Crippen LogP contribution in [0.25, 0.3) is 6.08 Å². The zero-order chi connectivity index (χ0) is 20.5. The second-order valence-electron chi connectivity index (χ2n) is 7.21. The first kappa shape index (κ1) is 19.7. The van der Waals surface area contributed by atoms with Crippen LogP contribution >= 0.6 is 23.2 Å². The second kappa shape index (κ2) is 8.05. The van der Waals surface area contributed by atoms with Crippen molar-refractivity contribution in [3.63, 3.8) is 0 Å². The number of carbonyl (C=O) groups is 3. The third-order valence-corrected chi connectivity index (χ3v) is 6.13. The highest BCUT2D eigenvalue weighted by atomic mass is 35.5. The van der Waals surface area contributed by atoms with Crippen LogP contribution in [0.3, 0.4) is 0 Å². The SMILES string of the molecule is O=C1NC(=O)N(c2cccc(Cl)c2Cl)C(=O)/C1=C\c1ccn(C2CCCCC2)c1. The van der Waals surface area contributed by atoms with Crippen LogP contribution in [0.5, 0.6) is 0 Å². The maximum atomic E-state index is 13.0. The molecule has 0 unspecified atom stereocenters. The zero-order valence-electron chi connectivity index (χ0n) is 15.5. The van der Waals surface area contributed by atoms with E-state index in [9.17, 15) is 14.4 Å². The van der Waals surface area contributed by atoms with Crippen LogP contribution in [0, 0.1) is 0 Å². The number of nitrogens with zero attached hydrogens (tertiary/aromatic N) is 2. The molecule has 8 heteroatoms. The first-order chi connectivity index (χ1) is 14.0. The molecule has 6 nitrogen and oxygen atoms in total. The Bertz CT molecular complexity index is 1020. The lowest BCUT2D eigenvalue weighted by Gasteiger charge is -2.27. The fourth-order valence-corrected chi connectivity index (χ4v) is 4.21. The Morgan fingerprint density at radius 2 is 1.79 bits per heavy atom. The summed E-state index contributed by atoms with van der Waals surface area (Å²) in [6.45, 7) is 0. The van der Waals surface area contributed by atoms with Crippen LogP contribution < -0.4 is 10.2 Å². The minimum atomic E-state index is -0.860. The summed E-state index contributed by atoms with van der Waals surface area (Å²) in [5.74, 6) is -1.48. The predicted octanol–water partition coefficient (Wildman–Crippen LogP) is 4.97. The number of anilines is 1. The summed E-state index contributed by atoms with van der Waals surface area (Å²) in [7, 11) is 0. The van der Waals surface area contributed by atoms with Crippen LogP contribution in [0.15, 0.2) is 42.2 Å². The molecule has 2 heterocycles. The molecule has 2 fully saturated rings. The first-order valence-corrected chi connectivity index (χ1v) is 10.2. The normalized spacial score (nSPS) is 19.7. The third kappa shape index (κ3) is 3.82. The molecule has 2 aromatic rings. The van der Waals surface area contributed by atoms with Gasteiger partial charge in [0.2, 0.25) is 0 Å². The van der Waals surface area contributed by atoms with Crippen molar-refractivity contribution in [3.05, 3.63) is 57.8 Å². The van der Waals surface area contributed by atoms with Crippen molar-refractivity contribution in [3.8, 4) is 0 Å². The molecule has 1 aliphatic heterocycles. The minimum Gasteiger partial charge on any atom is -0.351 e. The molecule has 150 valence electrons. The Morgan fingerprint density at radius 3 is 2.55 bits per heavy atom. The van der Waals surface area contributed by atoms with Gasteiger partial charge in [0.05, 0.1) is 15.7 Å². The maximum absolute atomic E-state index is 13.0. The van der Waals surface area contributed by atoms with Gasteiger partial charge in [-0.25, -0.2) is 9.69 Å². The number of rotatable bonds is 3. The van der Waals surface area contributed by atoms with E-state index >= 15 is 0 Å². The summed E-state index contributed by atoms with van der Waals surface area (Å²) in [6, 6.07) is 6.06. The number of aromatic nitrogens is 1. The van der Waals surface area contributed by atoms with E-state index in [-0.39, 0.29) is 21.3 Å². The van der Waals surface area contributed by atoms with Crippen LogP contribution in [-0.2, 0) is 9.59 Å². The van der Waals surface area contributed by atoms with Gasteiger partial charge >= 0.3 is 6.03 Å². The van der Waals surface area contributed by atoms with Gasteiger partial charge in [-0.2, -0.15) is 0 Å². The van der Waals surface area contributed by atoms with Gasteiger partial charge in [0, 0.05) is 18.4 Å². The number of barbiturate groups is 1. The van der Waals surface area contributed by atoms with Gasteiger partial charge in [0.15, 0.2) is 0 Å². The quantitative estimate of drug-likeness (QED) is 0.550. The Morgan fingerprint density at radius 1 is 1.03 bits per heavy atom. The maximum Gasteiger partial charge on any atom is 0.336 e. The lowest BCUT2D eigenvalue weighted by molar-refractivity contribution is -0.122. The molecular weight excluding hydrogens is 413 g/mol. The highest BCUT2D eigenvalue weighted by Crippen LogP contribution is 2.34. The third-order valence-electron chi connectivity index (χ3n) is 5.32. The summed E-state index contributed by atoms with van der Waals surface area (Å²) >= 11 is 12.2. The average Bonchev–Trinajstić information content (AvgIpc) is 3.18. The summed E-state index contributed by atoms with van der Waals surface area (Å²) in [5.41, 5.74) is 0.711. The standard InChI is InChI=1S/C21H19Cl2N3O3/c22-16-7-4-8-17(18(16)23)26-20(28)15(19(27)24-21(26)29)11-13-9-10-25(12-13)14-5-2-1-3-6-14/h4,7-12,14H,1-3,5-6H2,(H,24,27,29)/b15-11-. The van der Waals surface area contributed by atoms with Crippen molar-refractivity contribution in [2.75, 3.05) is 4.90 Å². The van der Waals surface area contributed by atoms with Crippen molar-refractivity contribution in [2.24, 2.45) is 0 Å². The van der Waals surface area contributed by atoms with Crippen LogP contribution in [-0.4, -0.2) is 22.4 Å². The molecule has 0 bridgehead atoms. The summed E-state index contributed by atoms with van der Waals surface area (Å²) < 4.78 is 2.13. The molecule has 4 amide bonds. The van der Waals surface area contributed by atoms with Crippen molar-refractivity contribution in [1.29, 1.82) is 0 Å². The smallest absolute Gasteiger partial charge is 0.336 e. The van der Waals surface area contributed by atoms with E-state index in [1.165, 1.54) is 31.4 Å². The van der Waals surface area contributed by atoms with Crippen molar-refractivity contribution in [2.45, 2.75) is 38.1 Å². The Hall–Kier alpha value is -2.57. The molecule has 0 radical (unpaired) electrons. The van der Waals surface area contributed by atoms with E-state index < -0.39 is 17.8 Å². The van der Waals surface area contributed by atoms with E-state index in [1.807, 2.05) is 18.5 Å². The van der Waals surface area contributed by atoms with E-state index in [0.717, 1.165) is 23.3 Å². The number of urea groups is 1. The molecule has 1 saturated heterocycles. The van der Waals surface area contributed by atoms with E-state index in [0.29, 0.717) is 6.04 Å². The number of hydrogen-bond acceptors (Lipinski definition) is 3. The number of carbonyl (C=O) groups excluding carboxylic acids is 3. The van der Waals surface area contributed by atoms with Gasteiger partial charge < -0.3 is 4.57 Å². The van der Waals surface area contributed by atoms with E-state index in [1.54, 1.807) is 12.1 Å². The molecule has 1 aliphatic carbocycles. The number of halogens is 2. The molecule has 29 heavy (non-hydrogen) atoms. The molecular formula is C21H19Cl2N3O3. The average molecular weight is 432 g/mol. The van der Waals surface area contributed by atoms with Crippen molar-refractivity contribution in [1.82, 2.24) is 9.88 Å². The Balaban J connectivity index is 1.65. The number of imide groups is 2. The minimum absolute atomic E-state index is 0.0646. The molecule has 4 rings (SSSR count). The lowest BCUT2D eigenvalue weighted by atomic mass is 9.95. The van der Waals surface area contributed by atoms with Gasteiger partial charge in [-0.05, 0) is 42.7 Å². The lowest BCUT2D eigenvalue weighted by Crippen LogP contribution is -2.54. The summed E-state index contributed by atoms with van der Waals surface area (Å²) in [5, 5.41) is 2.47. The first-order valence-electron chi connectivity index (χ1n) is 9.48. The van der Waals surface area contributed by atoms with Crippen LogP contribution in [0.2, 0.25) is 10.0 Å². The molecule has 1 saturated carbocycles. The van der Waals surface area contributed by atoms with Gasteiger partial charge in [-0.15, -0.1) is 0 Å². The van der Waals surface area contributed by atoms with Crippen LogP contribution in [0.4, 0.5) is 10.5 Å². The summed E-state index contributed by atoms with van der Waals surface area (Å²) in [4.78, 5) is 38.5. The predicted molar refractivity (Wildman–Crippen MR) is 112 cm³/mol. The second-order valence-corrected chi connectivity index (χ2v) is 8.00. The number of hydrogen-bond donors (Lipinski definition) is 1. The molecule has 1 aromatic heterocycles. The number of benzene rings is 1. The Labute approximate surface area is 178 Å². The fourth-order valence-electron chi connectivity index (χ4n) is 3.83. The van der Waals surface area contributed by atoms with Gasteiger partial charge in [-0.3, -0.25) is 14.9 Å². The molecule has 1 aromatic carbocycles. The van der Waals surface area contributed by atoms with Gasteiger partial charge in [0.1, 0.15) is 5.57 Å². The number of amides is 4. The van der Waals surface area contributed by atoms with Gasteiger partial charge in [0.25, 0.3) is 11.8 Å². The van der Waals surface area contributed by atoms with Crippen LogP contribution in [0.1, 0.15) is 43.7 Å². The monoisotopic (exact) mass is 431 g/mol. The molecule has 2 aliphatic rings. The van der Waals surface area contributed by atoms with Crippen molar-refractivity contribution >= 4 is 52.8 Å². The van der Waals surface area contributed by atoms with Crippen molar-refractivity contribution < 1.29 is 14.4 Å². The Kier molecular flexibility index (Phi) is 5.48. The highest BCUT2D eigenvalue weighted by molar-refractivity contribution is 6.46. The summed E-state index contributed by atoms with van der Waals surface area (Å²) in [6.07, 6.45) is 11.3. The highest BCUT2D eigenvalue weighted by Gasteiger charge is 2.38. The number of nitrogens with one attached hydrogen (secondary N) is 1. The van der Waals surface area contributed by atoms with E-state index in [2.05, 4.69) is 9.88 Å². The molecule has 0 atom stereocenters. The molecule has 0 spiro atoms. The largest absolute Gasteiger partial charge is 0.351 e. The fraction of sp³-hybridized carbons (Fsp3) is 0.286. The molecule has 1 N–H and O–H groups in total.